The largest absolute Gasteiger partial charge is 0.348 e. The molecule has 1 saturated heterocycles. The molecule has 0 bridgehead atoms. The molecular formula is C8H10N2O4. The number of nitrogens with one attached hydrogen (secondary N) is 2. The minimum absolute atomic E-state index is 0.296. The van der Waals surface area contributed by atoms with Gasteiger partial charge in [-0.2, -0.15) is 0 Å². The van der Waals surface area contributed by atoms with Gasteiger partial charge in [-0.05, 0) is 6.42 Å². The maximum Gasteiger partial charge on any atom is 0.325 e. The van der Waals surface area contributed by atoms with Crippen LogP contribution in [0.25, 0.3) is 0 Å². The van der Waals surface area contributed by atoms with E-state index in [1.165, 1.54) is 6.20 Å². The molecule has 0 aliphatic carbocycles. The molecule has 1 aromatic rings. The fourth-order valence-corrected chi connectivity index (χ4v) is 1.26. The average Bonchev–Trinajstić information content (AvgIpc) is 2.19. The molecule has 14 heavy (non-hydrogen) atoms. The van der Waals surface area contributed by atoms with Crippen LogP contribution in [0.1, 0.15) is 18.3 Å². The topological polar surface area (TPSA) is 84.2 Å². The monoisotopic (exact) mass is 198 g/mol. The normalized spacial score (nSPS) is 18.3. The summed E-state index contributed by atoms with van der Waals surface area (Å²) in [6.45, 7) is 1.12. The predicted molar refractivity (Wildman–Crippen MR) is 46.9 cm³/mol. The van der Waals surface area contributed by atoms with Crippen LogP contribution in [0.3, 0.4) is 0 Å². The smallest absolute Gasteiger partial charge is 0.325 e. The Bertz CT molecular complexity index is 416. The van der Waals surface area contributed by atoms with Gasteiger partial charge in [0, 0.05) is 6.20 Å². The van der Waals surface area contributed by atoms with Gasteiger partial charge < -0.3 is 14.5 Å². The maximum atomic E-state index is 11.3. The Morgan fingerprint density at radius 3 is 2.64 bits per heavy atom. The highest BCUT2D eigenvalue weighted by Gasteiger charge is 2.19. The van der Waals surface area contributed by atoms with Crippen LogP contribution in [0.4, 0.5) is 0 Å². The SMILES string of the molecule is O=c1[nH]cc(C2OCCCO2)c(=O)[nH]1. The van der Waals surface area contributed by atoms with Crippen molar-refractivity contribution in [3.63, 3.8) is 0 Å². The second-order valence-electron chi connectivity index (χ2n) is 2.95. The summed E-state index contributed by atoms with van der Waals surface area (Å²) in [7, 11) is 0. The molecule has 0 radical (unpaired) electrons. The number of aromatic amines is 2. The molecule has 0 saturated carbocycles. The van der Waals surface area contributed by atoms with Gasteiger partial charge in [0.25, 0.3) is 5.56 Å². The molecule has 2 rings (SSSR count). The standard InChI is InChI=1S/C8H10N2O4/c11-6-5(4-9-8(12)10-6)7-13-2-1-3-14-7/h4,7H,1-3H2,(H2,9,10,11,12). The molecule has 0 atom stereocenters. The molecule has 6 heteroatoms. The van der Waals surface area contributed by atoms with Crippen LogP contribution in [0.15, 0.2) is 15.8 Å². The molecule has 0 aromatic carbocycles. The second-order valence-corrected chi connectivity index (χ2v) is 2.95. The first kappa shape index (κ1) is 9.17. The molecule has 1 aromatic heterocycles. The summed E-state index contributed by atoms with van der Waals surface area (Å²) in [5.74, 6) is 0. The van der Waals surface area contributed by atoms with Crippen molar-refractivity contribution in [1.29, 1.82) is 0 Å². The van der Waals surface area contributed by atoms with Gasteiger partial charge in [0.15, 0.2) is 6.29 Å². The van der Waals surface area contributed by atoms with E-state index in [2.05, 4.69) is 9.97 Å². The molecule has 1 fully saturated rings. The lowest BCUT2D eigenvalue weighted by molar-refractivity contribution is -0.183. The van der Waals surface area contributed by atoms with Gasteiger partial charge >= 0.3 is 5.69 Å². The molecular weight excluding hydrogens is 188 g/mol. The summed E-state index contributed by atoms with van der Waals surface area (Å²) in [6.07, 6.45) is 1.47. The van der Waals surface area contributed by atoms with E-state index in [4.69, 9.17) is 9.47 Å². The number of H-pyrrole nitrogens is 2. The fraction of sp³-hybridized carbons (Fsp3) is 0.500. The van der Waals surface area contributed by atoms with Gasteiger partial charge in [-0.15, -0.1) is 0 Å². The summed E-state index contributed by atoms with van der Waals surface area (Å²) in [5.41, 5.74) is -0.709. The zero-order chi connectivity index (χ0) is 9.97. The van der Waals surface area contributed by atoms with Gasteiger partial charge in [-0.25, -0.2) is 4.79 Å². The highest BCUT2D eigenvalue weighted by molar-refractivity contribution is 5.05. The minimum atomic E-state index is -0.663. The summed E-state index contributed by atoms with van der Waals surface area (Å²) in [5, 5.41) is 0. The highest BCUT2D eigenvalue weighted by Crippen LogP contribution is 2.18. The van der Waals surface area contributed by atoms with Crippen LogP contribution < -0.4 is 11.2 Å². The lowest BCUT2D eigenvalue weighted by atomic mass is 10.3. The summed E-state index contributed by atoms with van der Waals surface area (Å²) < 4.78 is 10.4. The van der Waals surface area contributed by atoms with Gasteiger partial charge in [0.05, 0.1) is 18.8 Å². The van der Waals surface area contributed by atoms with Crippen molar-refractivity contribution < 1.29 is 9.47 Å². The zero-order valence-electron chi connectivity index (χ0n) is 7.41. The Hall–Kier alpha value is -1.40. The summed E-state index contributed by atoms with van der Waals surface area (Å²) >= 11 is 0. The Morgan fingerprint density at radius 1 is 1.29 bits per heavy atom. The first-order chi connectivity index (χ1) is 6.77. The first-order valence-electron chi connectivity index (χ1n) is 4.32. The van der Waals surface area contributed by atoms with E-state index in [0.717, 1.165) is 6.42 Å². The Balaban J connectivity index is 2.31. The van der Waals surface area contributed by atoms with E-state index < -0.39 is 17.5 Å². The van der Waals surface area contributed by atoms with Crippen LogP contribution in [-0.2, 0) is 9.47 Å². The zero-order valence-corrected chi connectivity index (χ0v) is 7.41. The van der Waals surface area contributed by atoms with Gasteiger partial charge in [0.1, 0.15) is 0 Å². The third-order valence-electron chi connectivity index (χ3n) is 1.93. The highest BCUT2D eigenvalue weighted by atomic mass is 16.7. The summed E-state index contributed by atoms with van der Waals surface area (Å²) in [6, 6.07) is 0. The van der Waals surface area contributed by atoms with Crippen molar-refractivity contribution in [3.05, 3.63) is 32.6 Å². The van der Waals surface area contributed by atoms with Crippen molar-refractivity contribution in [1.82, 2.24) is 9.97 Å². The molecule has 0 spiro atoms. The quantitative estimate of drug-likeness (QED) is 0.637. The molecule has 0 unspecified atom stereocenters. The van der Waals surface area contributed by atoms with Gasteiger partial charge in [0.2, 0.25) is 0 Å². The lowest BCUT2D eigenvalue weighted by Crippen LogP contribution is -2.29. The molecule has 1 aliphatic heterocycles. The number of ether oxygens (including phenoxy) is 2. The van der Waals surface area contributed by atoms with Crippen molar-refractivity contribution in [3.8, 4) is 0 Å². The lowest BCUT2D eigenvalue weighted by Gasteiger charge is -2.22. The van der Waals surface area contributed by atoms with Gasteiger partial charge in [-0.1, -0.05) is 0 Å². The van der Waals surface area contributed by atoms with E-state index >= 15 is 0 Å². The third kappa shape index (κ3) is 1.75. The van der Waals surface area contributed by atoms with Crippen LogP contribution in [0.2, 0.25) is 0 Å². The number of aromatic nitrogens is 2. The van der Waals surface area contributed by atoms with Crippen molar-refractivity contribution in [2.45, 2.75) is 12.7 Å². The van der Waals surface area contributed by atoms with Crippen LogP contribution in [-0.4, -0.2) is 23.2 Å². The van der Waals surface area contributed by atoms with Crippen LogP contribution in [0, 0.1) is 0 Å². The van der Waals surface area contributed by atoms with E-state index in [1.54, 1.807) is 0 Å². The Morgan fingerprint density at radius 2 is 2.00 bits per heavy atom. The number of rotatable bonds is 1. The van der Waals surface area contributed by atoms with Crippen molar-refractivity contribution in [2.75, 3.05) is 13.2 Å². The molecule has 2 heterocycles. The molecule has 0 amide bonds. The molecule has 2 N–H and O–H groups in total. The Kier molecular flexibility index (Phi) is 2.47. The Labute approximate surface area is 78.9 Å². The second kappa shape index (κ2) is 3.77. The van der Waals surface area contributed by atoms with Crippen molar-refractivity contribution >= 4 is 0 Å². The minimum Gasteiger partial charge on any atom is -0.348 e. The number of hydrogen-bond donors (Lipinski definition) is 2. The van der Waals surface area contributed by atoms with Crippen molar-refractivity contribution in [2.24, 2.45) is 0 Å². The summed E-state index contributed by atoms with van der Waals surface area (Å²) in [4.78, 5) is 26.5. The molecule has 6 nitrogen and oxygen atoms in total. The van der Waals surface area contributed by atoms with Crippen LogP contribution >= 0.6 is 0 Å². The van der Waals surface area contributed by atoms with Gasteiger partial charge in [-0.3, -0.25) is 9.78 Å². The molecule has 76 valence electrons. The average molecular weight is 198 g/mol. The maximum absolute atomic E-state index is 11.3. The van der Waals surface area contributed by atoms with E-state index in [-0.39, 0.29) is 0 Å². The fourth-order valence-electron chi connectivity index (χ4n) is 1.26. The number of hydrogen-bond acceptors (Lipinski definition) is 4. The van der Waals surface area contributed by atoms with E-state index in [0.29, 0.717) is 18.8 Å². The molecule has 1 aliphatic rings. The predicted octanol–water partition coefficient (Wildman–Crippen LogP) is -0.501. The third-order valence-corrected chi connectivity index (χ3v) is 1.93. The van der Waals surface area contributed by atoms with Crippen LogP contribution in [0.5, 0.6) is 0 Å². The van der Waals surface area contributed by atoms with E-state index in [1.807, 2.05) is 0 Å². The van der Waals surface area contributed by atoms with E-state index in [9.17, 15) is 9.59 Å². The first-order valence-corrected chi connectivity index (χ1v) is 4.32.